The molecule has 0 spiro atoms. The summed E-state index contributed by atoms with van der Waals surface area (Å²) < 4.78 is 5.50. The van der Waals surface area contributed by atoms with Crippen LogP contribution in [0.1, 0.15) is 31.7 Å². The van der Waals surface area contributed by atoms with Crippen LogP contribution in [0.3, 0.4) is 0 Å². The first kappa shape index (κ1) is 14.1. The third-order valence-electron chi connectivity index (χ3n) is 4.71. The minimum absolute atomic E-state index is 0.243. The molecule has 114 valence electrons. The van der Waals surface area contributed by atoms with Crippen LogP contribution in [0.25, 0.3) is 0 Å². The Morgan fingerprint density at radius 3 is 3.00 bits per heavy atom. The van der Waals surface area contributed by atoms with Gasteiger partial charge in [0.1, 0.15) is 18.2 Å². The van der Waals surface area contributed by atoms with Crippen molar-refractivity contribution in [3.63, 3.8) is 0 Å². The van der Waals surface area contributed by atoms with Crippen LogP contribution in [0.2, 0.25) is 0 Å². The van der Waals surface area contributed by atoms with Crippen molar-refractivity contribution < 1.29 is 14.6 Å². The highest BCUT2D eigenvalue weighted by Gasteiger charge is 2.48. The zero-order chi connectivity index (χ0) is 15.0. The lowest BCUT2D eigenvalue weighted by atomic mass is 9.94. The van der Waals surface area contributed by atoms with E-state index in [-0.39, 0.29) is 5.92 Å². The van der Waals surface area contributed by atoms with E-state index in [1.54, 1.807) is 0 Å². The second-order valence-corrected chi connectivity index (χ2v) is 5.85. The SMILES string of the molecule is CCOc1ncnc(N2CC3CCCC3C2C(=O)O)c1C. The Hall–Kier alpha value is -1.85. The van der Waals surface area contributed by atoms with E-state index in [0.717, 1.165) is 31.4 Å². The Bertz CT molecular complexity index is 549. The lowest BCUT2D eigenvalue weighted by Crippen LogP contribution is -2.40. The first-order valence-electron chi connectivity index (χ1n) is 7.57. The van der Waals surface area contributed by atoms with Gasteiger partial charge < -0.3 is 14.7 Å². The number of anilines is 1. The molecule has 2 aliphatic rings. The summed E-state index contributed by atoms with van der Waals surface area (Å²) in [6, 6.07) is -0.472. The quantitative estimate of drug-likeness (QED) is 0.912. The number of ether oxygens (including phenoxy) is 1. The van der Waals surface area contributed by atoms with Gasteiger partial charge in [-0.15, -0.1) is 0 Å². The highest BCUT2D eigenvalue weighted by molar-refractivity contribution is 5.80. The molecule has 3 unspecified atom stereocenters. The van der Waals surface area contributed by atoms with Gasteiger partial charge in [0.15, 0.2) is 0 Å². The van der Waals surface area contributed by atoms with Crippen LogP contribution in [0.5, 0.6) is 5.88 Å². The van der Waals surface area contributed by atoms with Crippen LogP contribution < -0.4 is 9.64 Å². The number of carbonyl (C=O) groups is 1. The molecule has 1 saturated heterocycles. The number of hydrogen-bond donors (Lipinski definition) is 1. The van der Waals surface area contributed by atoms with E-state index in [0.29, 0.717) is 24.2 Å². The van der Waals surface area contributed by atoms with E-state index in [2.05, 4.69) is 9.97 Å². The molecule has 1 aliphatic carbocycles. The molecule has 1 N–H and O–H groups in total. The van der Waals surface area contributed by atoms with Crippen molar-refractivity contribution in [1.29, 1.82) is 0 Å². The number of fused-ring (bicyclic) bond motifs is 1. The lowest BCUT2D eigenvalue weighted by molar-refractivity contribution is -0.139. The van der Waals surface area contributed by atoms with E-state index in [4.69, 9.17) is 4.74 Å². The van der Waals surface area contributed by atoms with Gasteiger partial charge in [-0.2, -0.15) is 0 Å². The standard InChI is InChI=1S/C15H21N3O3/c1-3-21-14-9(2)13(16-8-17-14)18-7-10-5-4-6-11(10)12(18)15(19)20/h8,10-12H,3-7H2,1-2H3,(H,19,20). The maximum Gasteiger partial charge on any atom is 0.326 e. The van der Waals surface area contributed by atoms with Crippen molar-refractivity contribution in [3.05, 3.63) is 11.9 Å². The molecule has 6 heteroatoms. The fourth-order valence-electron chi connectivity index (χ4n) is 3.84. The van der Waals surface area contributed by atoms with Crippen molar-refractivity contribution in [1.82, 2.24) is 9.97 Å². The van der Waals surface area contributed by atoms with Crippen LogP contribution in [0.4, 0.5) is 5.82 Å². The Kier molecular flexibility index (Phi) is 3.69. The molecule has 1 saturated carbocycles. The minimum atomic E-state index is -0.750. The molecule has 3 rings (SSSR count). The zero-order valence-corrected chi connectivity index (χ0v) is 12.5. The second kappa shape index (κ2) is 5.50. The minimum Gasteiger partial charge on any atom is -0.480 e. The van der Waals surface area contributed by atoms with E-state index in [1.165, 1.54) is 6.33 Å². The molecule has 1 aromatic heterocycles. The number of carboxylic acids is 1. The number of hydrogen-bond acceptors (Lipinski definition) is 5. The molecule has 2 fully saturated rings. The van der Waals surface area contributed by atoms with Crippen molar-refractivity contribution >= 4 is 11.8 Å². The number of aliphatic carboxylic acids is 1. The third kappa shape index (κ3) is 2.32. The average Bonchev–Trinajstić information content (AvgIpc) is 3.01. The van der Waals surface area contributed by atoms with E-state index < -0.39 is 12.0 Å². The summed E-state index contributed by atoms with van der Waals surface area (Å²) in [4.78, 5) is 22.1. The molecule has 0 bridgehead atoms. The van der Waals surface area contributed by atoms with Crippen LogP contribution in [-0.4, -0.2) is 40.2 Å². The molecule has 3 atom stereocenters. The number of carboxylic acid groups (broad SMARTS) is 1. The summed E-state index contributed by atoms with van der Waals surface area (Å²) in [5.41, 5.74) is 0.825. The first-order valence-corrected chi connectivity index (χ1v) is 7.57. The molecule has 1 aromatic rings. The fourth-order valence-corrected chi connectivity index (χ4v) is 3.84. The van der Waals surface area contributed by atoms with Crippen molar-refractivity contribution in [2.75, 3.05) is 18.1 Å². The Morgan fingerprint density at radius 2 is 2.29 bits per heavy atom. The third-order valence-corrected chi connectivity index (χ3v) is 4.71. The average molecular weight is 291 g/mol. The highest BCUT2D eigenvalue weighted by atomic mass is 16.5. The van der Waals surface area contributed by atoms with Crippen LogP contribution >= 0.6 is 0 Å². The predicted octanol–water partition coefficient (Wildman–Crippen LogP) is 1.87. The van der Waals surface area contributed by atoms with Crippen LogP contribution in [-0.2, 0) is 4.79 Å². The van der Waals surface area contributed by atoms with Crippen LogP contribution in [0.15, 0.2) is 6.33 Å². The molecular formula is C15H21N3O3. The molecule has 21 heavy (non-hydrogen) atoms. The van der Waals surface area contributed by atoms with Gasteiger partial charge in [-0.05, 0) is 38.5 Å². The molecule has 0 amide bonds. The van der Waals surface area contributed by atoms with Crippen LogP contribution in [0, 0.1) is 18.8 Å². The topological polar surface area (TPSA) is 75.6 Å². The Labute approximate surface area is 124 Å². The summed E-state index contributed by atoms with van der Waals surface area (Å²) in [5, 5.41) is 9.64. The Morgan fingerprint density at radius 1 is 1.48 bits per heavy atom. The van der Waals surface area contributed by atoms with Gasteiger partial charge in [-0.25, -0.2) is 14.8 Å². The molecule has 0 aromatic carbocycles. The monoisotopic (exact) mass is 291 g/mol. The number of rotatable bonds is 4. The van der Waals surface area contributed by atoms with E-state index >= 15 is 0 Å². The summed E-state index contributed by atoms with van der Waals surface area (Å²) in [6.07, 6.45) is 4.72. The van der Waals surface area contributed by atoms with Gasteiger partial charge in [-0.3, -0.25) is 0 Å². The Balaban J connectivity index is 1.96. The maximum atomic E-state index is 11.7. The highest BCUT2D eigenvalue weighted by Crippen LogP contribution is 2.44. The summed E-state index contributed by atoms with van der Waals surface area (Å²) in [7, 11) is 0. The second-order valence-electron chi connectivity index (χ2n) is 5.85. The van der Waals surface area contributed by atoms with Gasteiger partial charge in [0.05, 0.1) is 12.2 Å². The van der Waals surface area contributed by atoms with Crippen molar-refractivity contribution in [2.24, 2.45) is 11.8 Å². The van der Waals surface area contributed by atoms with Gasteiger partial charge in [-0.1, -0.05) is 6.42 Å². The number of nitrogens with zero attached hydrogens (tertiary/aromatic N) is 3. The van der Waals surface area contributed by atoms with E-state index in [1.807, 2.05) is 18.7 Å². The molecule has 6 nitrogen and oxygen atoms in total. The summed E-state index contributed by atoms with van der Waals surface area (Å²) >= 11 is 0. The lowest BCUT2D eigenvalue weighted by Gasteiger charge is -2.26. The smallest absolute Gasteiger partial charge is 0.326 e. The van der Waals surface area contributed by atoms with Crippen molar-refractivity contribution in [3.8, 4) is 5.88 Å². The van der Waals surface area contributed by atoms with Gasteiger partial charge in [0.2, 0.25) is 5.88 Å². The summed E-state index contributed by atoms with van der Waals surface area (Å²) in [6.45, 7) is 5.10. The first-order chi connectivity index (χ1) is 10.1. The molecule has 0 radical (unpaired) electrons. The maximum absolute atomic E-state index is 11.7. The largest absolute Gasteiger partial charge is 0.480 e. The van der Waals surface area contributed by atoms with Gasteiger partial charge >= 0.3 is 5.97 Å². The zero-order valence-electron chi connectivity index (χ0n) is 12.5. The van der Waals surface area contributed by atoms with E-state index in [9.17, 15) is 9.90 Å². The molecular weight excluding hydrogens is 270 g/mol. The molecule has 2 heterocycles. The summed E-state index contributed by atoms with van der Waals surface area (Å²) in [5.74, 6) is 1.21. The van der Waals surface area contributed by atoms with Gasteiger partial charge in [0.25, 0.3) is 0 Å². The van der Waals surface area contributed by atoms with Crippen molar-refractivity contribution in [2.45, 2.75) is 39.2 Å². The van der Waals surface area contributed by atoms with Gasteiger partial charge in [0, 0.05) is 6.54 Å². The molecule has 1 aliphatic heterocycles. The normalized spacial score (nSPS) is 27.7. The number of aromatic nitrogens is 2. The predicted molar refractivity (Wildman–Crippen MR) is 77.5 cm³/mol. The fraction of sp³-hybridized carbons (Fsp3) is 0.667.